The number of rotatable bonds is 8. The Hall–Kier alpha value is -0.560. The fraction of sp³-hybridized carbons (Fsp3) is 0.600. The molecule has 1 aliphatic heterocycles. The summed E-state index contributed by atoms with van der Waals surface area (Å²) < 4.78 is 0.789. The monoisotopic (exact) mass is 347 g/mol. The second kappa shape index (κ2) is 11.9. The number of hydrogen-bond acceptors (Lipinski definition) is 3. The SMILES string of the molecule is CNC(C#CCCC1SCCCS1)CCCCc1ccccc1. The molecule has 1 unspecified atom stereocenters. The minimum absolute atomic E-state index is 0.359. The highest BCUT2D eigenvalue weighted by atomic mass is 32.2. The topological polar surface area (TPSA) is 12.0 Å². The van der Waals surface area contributed by atoms with Crippen LogP contribution < -0.4 is 5.32 Å². The lowest BCUT2D eigenvalue weighted by atomic mass is 10.0. The summed E-state index contributed by atoms with van der Waals surface area (Å²) in [6, 6.07) is 11.1. The van der Waals surface area contributed by atoms with Gasteiger partial charge in [0.25, 0.3) is 0 Å². The number of nitrogens with one attached hydrogen (secondary N) is 1. The third kappa shape index (κ3) is 8.20. The van der Waals surface area contributed by atoms with Gasteiger partial charge in [0.2, 0.25) is 0 Å². The summed E-state index contributed by atoms with van der Waals surface area (Å²) in [7, 11) is 2.03. The molecule has 1 aromatic carbocycles. The molecule has 126 valence electrons. The van der Waals surface area contributed by atoms with Gasteiger partial charge in [0.15, 0.2) is 0 Å². The summed E-state index contributed by atoms with van der Waals surface area (Å²) in [6.45, 7) is 0. The number of hydrogen-bond donors (Lipinski definition) is 1. The van der Waals surface area contributed by atoms with E-state index in [2.05, 4.69) is 71.0 Å². The van der Waals surface area contributed by atoms with E-state index in [0.29, 0.717) is 6.04 Å². The number of benzene rings is 1. The molecule has 0 aliphatic carbocycles. The highest BCUT2D eigenvalue weighted by Crippen LogP contribution is 2.33. The molecule has 3 heteroatoms. The van der Waals surface area contributed by atoms with E-state index in [4.69, 9.17) is 0 Å². The van der Waals surface area contributed by atoms with E-state index in [1.807, 2.05) is 7.05 Å². The van der Waals surface area contributed by atoms with Gasteiger partial charge in [0.05, 0.1) is 10.6 Å². The first-order valence-corrected chi connectivity index (χ1v) is 10.9. The van der Waals surface area contributed by atoms with E-state index < -0.39 is 0 Å². The zero-order valence-electron chi connectivity index (χ0n) is 14.2. The Morgan fingerprint density at radius 2 is 1.96 bits per heavy atom. The molecule has 1 N–H and O–H groups in total. The normalized spacial score (nSPS) is 16.6. The molecule has 1 fully saturated rings. The zero-order chi connectivity index (χ0) is 16.2. The van der Waals surface area contributed by atoms with Crippen molar-refractivity contribution in [1.82, 2.24) is 5.32 Å². The maximum Gasteiger partial charge on any atom is 0.0687 e. The van der Waals surface area contributed by atoms with E-state index in [-0.39, 0.29) is 0 Å². The highest BCUT2D eigenvalue weighted by Gasteiger charge is 2.13. The van der Waals surface area contributed by atoms with Crippen LogP contribution in [0.3, 0.4) is 0 Å². The van der Waals surface area contributed by atoms with Gasteiger partial charge in [-0.15, -0.1) is 29.4 Å². The third-order valence-electron chi connectivity index (χ3n) is 4.08. The Kier molecular flexibility index (Phi) is 9.71. The predicted molar refractivity (Wildman–Crippen MR) is 107 cm³/mol. The van der Waals surface area contributed by atoms with E-state index in [0.717, 1.165) is 17.4 Å². The van der Waals surface area contributed by atoms with Crippen LogP contribution in [0.15, 0.2) is 30.3 Å². The van der Waals surface area contributed by atoms with E-state index >= 15 is 0 Å². The maximum absolute atomic E-state index is 3.43. The minimum Gasteiger partial charge on any atom is -0.307 e. The average molecular weight is 348 g/mol. The van der Waals surface area contributed by atoms with Gasteiger partial charge in [-0.05, 0) is 56.2 Å². The molecule has 0 amide bonds. The molecule has 0 aromatic heterocycles. The zero-order valence-corrected chi connectivity index (χ0v) is 15.9. The van der Waals surface area contributed by atoms with Crippen molar-refractivity contribution >= 4 is 23.5 Å². The van der Waals surface area contributed by atoms with Crippen molar-refractivity contribution in [3.8, 4) is 11.8 Å². The standard InChI is InChI=1S/C20H29NS2/c1-21-19(13-6-5-12-18-10-3-2-4-11-18)14-7-8-15-20-22-16-9-17-23-20/h2-4,10-11,19-21H,5-6,8-9,12-13,15-17H2,1H3. The molecular weight excluding hydrogens is 318 g/mol. The summed E-state index contributed by atoms with van der Waals surface area (Å²) in [5, 5.41) is 3.36. The van der Waals surface area contributed by atoms with Gasteiger partial charge in [-0.2, -0.15) is 0 Å². The first-order valence-electron chi connectivity index (χ1n) is 8.81. The van der Waals surface area contributed by atoms with E-state index in [1.54, 1.807) is 0 Å². The molecule has 1 heterocycles. The lowest BCUT2D eigenvalue weighted by Gasteiger charge is -2.19. The van der Waals surface area contributed by atoms with Crippen LogP contribution in [-0.4, -0.2) is 29.2 Å². The fourth-order valence-corrected chi connectivity index (χ4v) is 5.56. The molecule has 0 radical (unpaired) electrons. The fourth-order valence-electron chi connectivity index (χ4n) is 2.70. The van der Waals surface area contributed by atoms with E-state index in [1.165, 1.54) is 49.2 Å². The molecule has 23 heavy (non-hydrogen) atoms. The van der Waals surface area contributed by atoms with Crippen LogP contribution in [0.25, 0.3) is 0 Å². The number of thioether (sulfide) groups is 2. The van der Waals surface area contributed by atoms with E-state index in [9.17, 15) is 0 Å². The Labute approximate surface area is 150 Å². The first-order chi connectivity index (χ1) is 11.4. The summed E-state index contributed by atoms with van der Waals surface area (Å²) in [4.78, 5) is 0. The first kappa shape index (κ1) is 18.8. The Balaban J connectivity index is 1.58. The smallest absolute Gasteiger partial charge is 0.0687 e. The Morgan fingerprint density at radius 1 is 1.17 bits per heavy atom. The van der Waals surface area contributed by atoms with Crippen LogP contribution >= 0.6 is 23.5 Å². The lowest BCUT2D eigenvalue weighted by Crippen LogP contribution is -2.23. The van der Waals surface area contributed by atoms with Gasteiger partial charge < -0.3 is 5.32 Å². The van der Waals surface area contributed by atoms with Crippen LogP contribution in [0.1, 0.15) is 44.1 Å². The number of unbranched alkanes of at least 4 members (excludes halogenated alkanes) is 1. The summed E-state index contributed by atoms with van der Waals surface area (Å²) >= 11 is 4.24. The van der Waals surface area contributed by atoms with Crippen molar-refractivity contribution in [3.63, 3.8) is 0 Å². The molecular formula is C20H29NS2. The quantitative estimate of drug-likeness (QED) is 0.527. The van der Waals surface area contributed by atoms with Crippen molar-refractivity contribution in [3.05, 3.63) is 35.9 Å². The molecule has 0 bridgehead atoms. The van der Waals surface area contributed by atoms with Crippen molar-refractivity contribution in [2.24, 2.45) is 0 Å². The Bertz CT molecular complexity index is 471. The van der Waals surface area contributed by atoms with Gasteiger partial charge >= 0.3 is 0 Å². The van der Waals surface area contributed by atoms with Crippen LogP contribution in [-0.2, 0) is 6.42 Å². The summed E-state index contributed by atoms with van der Waals surface area (Å²) in [5.74, 6) is 9.51. The molecule has 0 saturated carbocycles. The van der Waals surface area contributed by atoms with Crippen molar-refractivity contribution in [1.29, 1.82) is 0 Å². The Morgan fingerprint density at radius 3 is 2.70 bits per heavy atom. The van der Waals surface area contributed by atoms with Crippen molar-refractivity contribution < 1.29 is 0 Å². The highest BCUT2D eigenvalue weighted by molar-refractivity contribution is 8.17. The molecule has 0 spiro atoms. The molecule has 1 atom stereocenters. The van der Waals surface area contributed by atoms with Gasteiger partial charge in [0, 0.05) is 6.42 Å². The molecule has 2 rings (SSSR count). The van der Waals surface area contributed by atoms with Gasteiger partial charge in [-0.25, -0.2) is 0 Å². The summed E-state index contributed by atoms with van der Waals surface area (Å²) in [6.07, 6.45) is 8.49. The van der Waals surface area contributed by atoms with Crippen LogP contribution in [0.4, 0.5) is 0 Å². The molecule has 1 aliphatic rings. The van der Waals surface area contributed by atoms with Crippen LogP contribution in [0, 0.1) is 11.8 Å². The lowest BCUT2D eigenvalue weighted by molar-refractivity contribution is 0.578. The van der Waals surface area contributed by atoms with Gasteiger partial charge in [-0.1, -0.05) is 42.7 Å². The third-order valence-corrected chi connectivity index (χ3v) is 7.16. The maximum atomic E-state index is 3.43. The summed E-state index contributed by atoms with van der Waals surface area (Å²) in [5.41, 5.74) is 1.45. The van der Waals surface area contributed by atoms with Gasteiger partial charge in [0.1, 0.15) is 0 Å². The molecule has 1 nitrogen and oxygen atoms in total. The second-order valence-electron chi connectivity index (χ2n) is 5.96. The van der Waals surface area contributed by atoms with Crippen molar-refractivity contribution in [2.45, 2.75) is 55.6 Å². The predicted octanol–water partition coefficient (Wildman–Crippen LogP) is 4.97. The van der Waals surface area contributed by atoms with Crippen molar-refractivity contribution in [2.75, 3.05) is 18.6 Å². The largest absolute Gasteiger partial charge is 0.307 e. The van der Waals surface area contributed by atoms with Crippen LogP contribution in [0.2, 0.25) is 0 Å². The van der Waals surface area contributed by atoms with Gasteiger partial charge in [-0.3, -0.25) is 0 Å². The minimum atomic E-state index is 0.359. The number of aryl methyl sites for hydroxylation is 1. The molecule has 1 saturated heterocycles. The van der Waals surface area contributed by atoms with Crippen LogP contribution in [0.5, 0.6) is 0 Å². The molecule has 1 aromatic rings. The average Bonchev–Trinajstić information content (AvgIpc) is 2.62. The second-order valence-corrected chi connectivity index (χ2v) is 8.88.